The average molecular weight is 251 g/mol. The summed E-state index contributed by atoms with van der Waals surface area (Å²) in [5, 5.41) is 0. The molecule has 0 heterocycles. The molecule has 0 spiro atoms. The zero-order valence-corrected chi connectivity index (χ0v) is 11.3. The Morgan fingerprint density at radius 3 is 2.50 bits per heavy atom. The second kappa shape index (κ2) is 7.71. The van der Waals surface area contributed by atoms with Crippen molar-refractivity contribution in [2.75, 3.05) is 33.9 Å². The van der Waals surface area contributed by atoms with E-state index < -0.39 is 0 Å². The minimum atomic E-state index is -0.179. The number of carbonyl (C=O) groups excluding carboxylic acids is 1. The Morgan fingerprint density at radius 1 is 1.22 bits per heavy atom. The lowest BCUT2D eigenvalue weighted by molar-refractivity contribution is -0.140. The van der Waals surface area contributed by atoms with Gasteiger partial charge in [0.25, 0.3) is 0 Å². The van der Waals surface area contributed by atoms with Crippen LogP contribution in [0.15, 0.2) is 24.3 Å². The van der Waals surface area contributed by atoms with Gasteiger partial charge in [0.1, 0.15) is 12.4 Å². The Hall–Kier alpha value is -1.55. The van der Waals surface area contributed by atoms with Crippen molar-refractivity contribution >= 4 is 5.97 Å². The summed E-state index contributed by atoms with van der Waals surface area (Å²) >= 11 is 0. The summed E-state index contributed by atoms with van der Waals surface area (Å²) in [4.78, 5) is 13.0. The summed E-state index contributed by atoms with van der Waals surface area (Å²) < 4.78 is 10.2. The number of benzene rings is 1. The molecule has 0 aromatic heterocycles. The van der Waals surface area contributed by atoms with Crippen LogP contribution in [0.5, 0.6) is 5.75 Å². The summed E-state index contributed by atoms with van der Waals surface area (Å²) in [5.74, 6) is 0.697. The maximum atomic E-state index is 11.0. The molecule has 0 saturated carbocycles. The number of methoxy groups -OCH3 is 1. The number of likely N-dealkylation sites (N-methyl/N-ethyl adjacent to an activating group) is 1. The van der Waals surface area contributed by atoms with E-state index >= 15 is 0 Å². The minimum absolute atomic E-state index is 0.179. The first kappa shape index (κ1) is 14.5. The Bertz CT molecular complexity index is 362. The molecule has 0 amide bonds. The number of ether oxygens (including phenoxy) is 2. The minimum Gasteiger partial charge on any atom is -0.492 e. The maximum absolute atomic E-state index is 11.0. The molecule has 0 N–H and O–H groups in total. The third-order valence-corrected chi connectivity index (χ3v) is 2.69. The number of esters is 1. The third kappa shape index (κ3) is 5.68. The lowest BCUT2D eigenvalue weighted by atomic mass is 10.2. The van der Waals surface area contributed by atoms with Gasteiger partial charge in [0.05, 0.1) is 13.5 Å². The molecule has 0 bridgehead atoms. The Morgan fingerprint density at radius 2 is 1.89 bits per heavy atom. The van der Waals surface area contributed by atoms with E-state index in [0.29, 0.717) is 19.6 Å². The van der Waals surface area contributed by atoms with E-state index in [1.807, 2.05) is 43.1 Å². The van der Waals surface area contributed by atoms with Gasteiger partial charge in [0, 0.05) is 13.1 Å². The number of carbonyl (C=O) groups is 1. The van der Waals surface area contributed by atoms with Gasteiger partial charge in [-0.05, 0) is 26.1 Å². The number of nitrogens with zero attached hydrogens (tertiary/aromatic N) is 1. The van der Waals surface area contributed by atoms with Crippen molar-refractivity contribution in [3.05, 3.63) is 29.8 Å². The fourth-order valence-electron chi connectivity index (χ4n) is 1.45. The molecule has 0 radical (unpaired) electrons. The van der Waals surface area contributed by atoms with Crippen LogP contribution in [0.3, 0.4) is 0 Å². The van der Waals surface area contributed by atoms with Gasteiger partial charge < -0.3 is 14.4 Å². The standard InChI is InChI=1S/C14H21NO3/c1-12-4-6-13(7-5-12)18-11-10-15(2)9-8-14(16)17-3/h4-7H,8-11H2,1-3H3. The lowest BCUT2D eigenvalue weighted by Crippen LogP contribution is -2.27. The first-order valence-electron chi connectivity index (χ1n) is 6.06. The molecule has 4 nitrogen and oxygen atoms in total. The molecule has 0 aliphatic carbocycles. The lowest BCUT2D eigenvalue weighted by Gasteiger charge is -2.16. The van der Waals surface area contributed by atoms with Crippen LogP contribution in [-0.4, -0.2) is 44.7 Å². The fraction of sp³-hybridized carbons (Fsp3) is 0.500. The van der Waals surface area contributed by atoms with Crippen LogP contribution in [0, 0.1) is 6.92 Å². The molecule has 18 heavy (non-hydrogen) atoms. The van der Waals surface area contributed by atoms with Crippen LogP contribution in [-0.2, 0) is 9.53 Å². The molecule has 0 fully saturated rings. The Labute approximate surface area is 108 Å². The molecule has 100 valence electrons. The summed E-state index contributed by atoms with van der Waals surface area (Å²) in [5.41, 5.74) is 1.22. The van der Waals surface area contributed by atoms with E-state index in [4.69, 9.17) is 4.74 Å². The number of aryl methyl sites for hydroxylation is 1. The van der Waals surface area contributed by atoms with Gasteiger partial charge in [0.2, 0.25) is 0 Å². The van der Waals surface area contributed by atoms with Gasteiger partial charge in [-0.1, -0.05) is 17.7 Å². The van der Waals surface area contributed by atoms with E-state index in [-0.39, 0.29) is 5.97 Å². The zero-order valence-electron chi connectivity index (χ0n) is 11.3. The molecular formula is C14H21NO3. The van der Waals surface area contributed by atoms with Crippen LogP contribution >= 0.6 is 0 Å². The zero-order chi connectivity index (χ0) is 13.4. The van der Waals surface area contributed by atoms with Crippen LogP contribution in [0.25, 0.3) is 0 Å². The van der Waals surface area contributed by atoms with Gasteiger partial charge >= 0.3 is 5.97 Å². The van der Waals surface area contributed by atoms with E-state index in [1.165, 1.54) is 12.7 Å². The molecule has 1 aromatic carbocycles. The highest BCUT2D eigenvalue weighted by Crippen LogP contribution is 2.11. The molecule has 4 heteroatoms. The highest BCUT2D eigenvalue weighted by Gasteiger charge is 2.04. The van der Waals surface area contributed by atoms with E-state index in [9.17, 15) is 4.79 Å². The largest absolute Gasteiger partial charge is 0.492 e. The van der Waals surface area contributed by atoms with Crippen molar-refractivity contribution in [1.82, 2.24) is 4.90 Å². The van der Waals surface area contributed by atoms with Crippen molar-refractivity contribution in [2.45, 2.75) is 13.3 Å². The summed E-state index contributed by atoms with van der Waals surface area (Å²) in [6.07, 6.45) is 0.414. The van der Waals surface area contributed by atoms with Crippen molar-refractivity contribution in [3.63, 3.8) is 0 Å². The molecule has 1 rings (SSSR count). The molecule has 0 saturated heterocycles. The average Bonchev–Trinajstić information content (AvgIpc) is 2.38. The first-order valence-corrected chi connectivity index (χ1v) is 6.06. The van der Waals surface area contributed by atoms with Crippen molar-refractivity contribution < 1.29 is 14.3 Å². The van der Waals surface area contributed by atoms with Gasteiger partial charge in [0.15, 0.2) is 0 Å². The third-order valence-electron chi connectivity index (χ3n) is 2.69. The molecule has 0 atom stereocenters. The van der Waals surface area contributed by atoms with E-state index in [0.717, 1.165) is 12.3 Å². The maximum Gasteiger partial charge on any atom is 0.306 e. The second-order valence-electron chi connectivity index (χ2n) is 4.29. The number of hydrogen-bond donors (Lipinski definition) is 0. The van der Waals surface area contributed by atoms with Crippen molar-refractivity contribution in [1.29, 1.82) is 0 Å². The van der Waals surface area contributed by atoms with Gasteiger partial charge in [-0.3, -0.25) is 4.79 Å². The van der Waals surface area contributed by atoms with Crippen LogP contribution < -0.4 is 4.74 Å². The Balaban J connectivity index is 2.17. The van der Waals surface area contributed by atoms with Crippen molar-refractivity contribution in [2.24, 2.45) is 0 Å². The molecule has 0 aliphatic rings. The summed E-state index contributed by atoms with van der Waals surface area (Å²) in [6.45, 7) is 4.12. The van der Waals surface area contributed by atoms with Crippen LogP contribution in [0.4, 0.5) is 0 Å². The number of rotatable bonds is 7. The number of hydrogen-bond acceptors (Lipinski definition) is 4. The van der Waals surface area contributed by atoms with Crippen LogP contribution in [0.1, 0.15) is 12.0 Å². The normalized spacial score (nSPS) is 10.4. The summed E-state index contributed by atoms with van der Waals surface area (Å²) in [6, 6.07) is 7.97. The van der Waals surface area contributed by atoms with Gasteiger partial charge in [-0.15, -0.1) is 0 Å². The monoisotopic (exact) mass is 251 g/mol. The predicted molar refractivity (Wildman–Crippen MR) is 70.8 cm³/mol. The topological polar surface area (TPSA) is 38.8 Å². The smallest absolute Gasteiger partial charge is 0.306 e. The van der Waals surface area contributed by atoms with E-state index in [1.54, 1.807) is 0 Å². The van der Waals surface area contributed by atoms with E-state index in [2.05, 4.69) is 4.74 Å². The molecule has 0 unspecified atom stereocenters. The molecule has 0 aliphatic heterocycles. The van der Waals surface area contributed by atoms with Crippen LogP contribution in [0.2, 0.25) is 0 Å². The quantitative estimate of drug-likeness (QED) is 0.693. The molecular weight excluding hydrogens is 230 g/mol. The fourth-order valence-corrected chi connectivity index (χ4v) is 1.45. The van der Waals surface area contributed by atoms with Gasteiger partial charge in [-0.2, -0.15) is 0 Å². The SMILES string of the molecule is COC(=O)CCN(C)CCOc1ccc(C)cc1. The first-order chi connectivity index (χ1) is 8.61. The summed E-state index contributed by atoms with van der Waals surface area (Å²) in [7, 11) is 3.37. The Kier molecular flexibility index (Phi) is 6.22. The van der Waals surface area contributed by atoms with Crippen molar-refractivity contribution in [3.8, 4) is 5.75 Å². The van der Waals surface area contributed by atoms with Gasteiger partial charge in [-0.25, -0.2) is 0 Å². The predicted octanol–water partition coefficient (Wildman–Crippen LogP) is 1.87. The second-order valence-corrected chi connectivity index (χ2v) is 4.29. The highest BCUT2D eigenvalue weighted by molar-refractivity contribution is 5.69. The highest BCUT2D eigenvalue weighted by atomic mass is 16.5. The molecule has 1 aromatic rings.